The van der Waals surface area contributed by atoms with E-state index < -0.39 is 9.84 Å². The van der Waals surface area contributed by atoms with Gasteiger partial charge in [-0.05, 0) is 31.9 Å². The molecule has 0 bridgehead atoms. The van der Waals surface area contributed by atoms with Crippen LogP contribution in [0.25, 0.3) is 0 Å². The van der Waals surface area contributed by atoms with Gasteiger partial charge in [-0.2, -0.15) is 0 Å². The second-order valence-corrected chi connectivity index (χ2v) is 6.61. The molecule has 1 N–H and O–H groups in total. The molecule has 1 unspecified atom stereocenters. The van der Waals surface area contributed by atoms with Crippen LogP contribution in [0.4, 0.5) is 5.69 Å². The number of anilines is 1. The van der Waals surface area contributed by atoms with Gasteiger partial charge in [-0.3, -0.25) is 0 Å². The van der Waals surface area contributed by atoms with Crippen molar-refractivity contribution in [3.05, 3.63) is 40.3 Å². The van der Waals surface area contributed by atoms with Crippen molar-refractivity contribution in [3.63, 3.8) is 0 Å². The predicted octanol–water partition coefficient (Wildman–Crippen LogP) is 2.33. The molecule has 0 saturated carbocycles. The highest BCUT2D eigenvalue weighted by Gasteiger charge is 2.22. The number of nitrogens with one attached hydrogen (secondary N) is 1. The lowest BCUT2D eigenvalue weighted by Crippen LogP contribution is -2.22. The van der Waals surface area contributed by atoms with Crippen LogP contribution in [0.1, 0.15) is 16.7 Å². The van der Waals surface area contributed by atoms with E-state index in [1.165, 1.54) is 11.0 Å². The maximum Gasteiger partial charge on any atom is 0.173 e. The van der Waals surface area contributed by atoms with Crippen LogP contribution in [-0.4, -0.2) is 20.2 Å². The van der Waals surface area contributed by atoms with Gasteiger partial charge in [0.15, 0.2) is 9.84 Å². The molecule has 2 rings (SSSR count). The largest absolute Gasteiger partial charge is 0.377 e. The molecule has 1 aromatic rings. The van der Waals surface area contributed by atoms with Crippen molar-refractivity contribution >= 4 is 15.5 Å². The van der Waals surface area contributed by atoms with Crippen LogP contribution in [0, 0.1) is 20.8 Å². The number of benzene rings is 1. The van der Waals surface area contributed by atoms with E-state index in [4.69, 9.17) is 0 Å². The first kappa shape index (κ1) is 12.2. The Labute approximate surface area is 102 Å². The van der Waals surface area contributed by atoms with E-state index in [0.29, 0.717) is 0 Å². The van der Waals surface area contributed by atoms with Gasteiger partial charge in [-0.25, -0.2) is 8.42 Å². The average molecular weight is 251 g/mol. The van der Waals surface area contributed by atoms with Crippen molar-refractivity contribution in [2.75, 3.05) is 11.1 Å². The fourth-order valence-corrected chi connectivity index (χ4v) is 3.49. The smallest absolute Gasteiger partial charge is 0.173 e. The summed E-state index contributed by atoms with van der Waals surface area (Å²) in [6.45, 7) is 6.13. The van der Waals surface area contributed by atoms with E-state index in [0.717, 1.165) is 16.8 Å². The van der Waals surface area contributed by atoms with E-state index in [1.54, 1.807) is 6.08 Å². The number of rotatable bonds is 2. The molecule has 1 aromatic carbocycles. The minimum Gasteiger partial charge on any atom is -0.377 e. The van der Waals surface area contributed by atoms with Crippen molar-refractivity contribution in [2.24, 2.45) is 0 Å². The topological polar surface area (TPSA) is 46.2 Å². The summed E-state index contributed by atoms with van der Waals surface area (Å²) in [6.07, 6.45) is 1.72. The molecule has 4 heteroatoms. The summed E-state index contributed by atoms with van der Waals surface area (Å²) < 4.78 is 22.7. The van der Waals surface area contributed by atoms with Gasteiger partial charge in [0.25, 0.3) is 0 Å². The third kappa shape index (κ3) is 2.69. The fraction of sp³-hybridized carbons (Fsp3) is 0.385. The first-order chi connectivity index (χ1) is 7.87. The predicted molar refractivity (Wildman–Crippen MR) is 71.0 cm³/mol. The molecular weight excluding hydrogens is 234 g/mol. The molecule has 0 spiro atoms. The number of sulfone groups is 1. The molecule has 92 valence electrons. The van der Waals surface area contributed by atoms with Crippen LogP contribution in [0.2, 0.25) is 0 Å². The zero-order valence-corrected chi connectivity index (χ0v) is 11.1. The quantitative estimate of drug-likeness (QED) is 0.877. The lowest BCUT2D eigenvalue weighted by atomic mass is 10.0. The molecule has 0 radical (unpaired) electrons. The molecule has 1 aliphatic heterocycles. The van der Waals surface area contributed by atoms with Crippen LogP contribution >= 0.6 is 0 Å². The average Bonchev–Trinajstić information content (AvgIpc) is 2.52. The first-order valence-electron chi connectivity index (χ1n) is 5.63. The van der Waals surface area contributed by atoms with Crippen LogP contribution in [0.5, 0.6) is 0 Å². The Bertz CT molecular complexity index is 550. The standard InChI is InChI=1S/C13H17NO2S/c1-9-6-10(2)13(11(3)7-9)14-12-4-5-17(15,16)8-12/h4-7,12,14H,8H2,1-3H3. The Hall–Kier alpha value is -1.29. The highest BCUT2D eigenvalue weighted by Crippen LogP contribution is 2.24. The Morgan fingerprint density at radius 2 is 1.76 bits per heavy atom. The van der Waals surface area contributed by atoms with Crippen molar-refractivity contribution in [2.45, 2.75) is 26.8 Å². The zero-order chi connectivity index (χ0) is 12.6. The minimum absolute atomic E-state index is 0.111. The maximum atomic E-state index is 11.3. The van der Waals surface area contributed by atoms with Crippen LogP contribution < -0.4 is 5.32 Å². The second-order valence-electron chi connectivity index (χ2n) is 4.68. The van der Waals surface area contributed by atoms with Gasteiger partial charge >= 0.3 is 0 Å². The lowest BCUT2D eigenvalue weighted by Gasteiger charge is -2.17. The van der Waals surface area contributed by atoms with Crippen molar-refractivity contribution in [1.82, 2.24) is 0 Å². The Morgan fingerprint density at radius 3 is 2.24 bits per heavy atom. The molecule has 0 amide bonds. The van der Waals surface area contributed by atoms with Gasteiger partial charge in [0.2, 0.25) is 0 Å². The van der Waals surface area contributed by atoms with Crippen molar-refractivity contribution in [1.29, 1.82) is 0 Å². The van der Waals surface area contributed by atoms with Gasteiger partial charge in [-0.1, -0.05) is 23.8 Å². The monoisotopic (exact) mass is 251 g/mol. The molecular formula is C13H17NO2S. The van der Waals surface area contributed by atoms with Crippen molar-refractivity contribution < 1.29 is 8.42 Å². The summed E-state index contributed by atoms with van der Waals surface area (Å²) in [6, 6.07) is 4.09. The summed E-state index contributed by atoms with van der Waals surface area (Å²) >= 11 is 0. The van der Waals surface area contributed by atoms with Gasteiger partial charge in [0.05, 0.1) is 11.8 Å². The van der Waals surface area contributed by atoms with E-state index in [2.05, 4.69) is 24.4 Å². The van der Waals surface area contributed by atoms with Crippen molar-refractivity contribution in [3.8, 4) is 0 Å². The summed E-state index contributed by atoms with van der Waals surface area (Å²) in [4.78, 5) is 0. The molecule has 0 fully saturated rings. The summed E-state index contributed by atoms with van der Waals surface area (Å²) in [5.41, 5.74) is 4.57. The molecule has 0 saturated heterocycles. The van der Waals surface area contributed by atoms with Gasteiger partial charge in [0.1, 0.15) is 0 Å². The molecule has 17 heavy (non-hydrogen) atoms. The maximum absolute atomic E-state index is 11.3. The fourth-order valence-electron chi connectivity index (χ4n) is 2.26. The van der Waals surface area contributed by atoms with Crippen LogP contribution in [0.3, 0.4) is 0 Å². The van der Waals surface area contributed by atoms with Gasteiger partial charge < -0.3 is 5.32 Å². The van der Waals surface area contributed by atoms with Gasteiger partial charge in [0, 0.05) is 11.1 Å². The van der Waals surface area contributed by atoms with Crippen LogP contribution in [-0.2, 0) is 9.84 Å². The lowest BCUT2D eigenvalue weighted by molar-refractivity contribution is 0.605. The number of hydrogen-bond acceptors (Lipinski definition) is 3. The number of aryl methyl sites for hydroxylation is 3. The van der Waals surface area contributed by atoms with E-state index in [-0.39, 0.29) is 11.8 Å². The second kappa shape index (κ2) is 4.18. The first-order valence-corrected chi connectivity index (χ1v) is 7.34. The Kier molecular flexibility index (Phi) is 3.00. The molecule has 1 heterocycles. The molecule has 0 aliphatic carbocycles. The molecule has 0 aromatic heterocycles. The molecule has 3 nitrogen and oxygen atoms in total. The Morgan fingerprint density at radius 1 is 1.18 bits per heavy atom. The summed E-state index contributed by atoms with van der Waals surface area (Å²) in [5, 5.41) is 4.59. The highest BCUT2D eigenvalue weighted by atomic mass is 32.2. The normalized spacial score (nSPS) is 21.7. The third-order valence-corrected chi connectivity index (χ3v) is 4.33. The third-order valence-electron chi connectivity index (χ3n) is 2.94. The van der Waals surface area contributed by atoms with Gasteiger partial charge in [-0.15, -0.1) is 0 Å². The zero-order valence-electron chi connectivity index (χ0n) is 10.3. The number of hydrogen-bond donors (Lipinski definition) is 1. The van der Waals surface area contributed by atoms with E-state index in [9.17, 15) is 8.42 Å². The van der Waals surface area contributed by atoms with E-state index >= 15 is 0 Å². The molecule has 1 aliphatic rings. The highest BCUT2D eigenvalue weighted by molar-refractivity contribution is 7.94. The SMILES string of the molecule is Cc1cc(C)c(NC2C=CS(=O)(=O)C2)c(C)c1. The summed E-state index contributed by atoms with van der Waals surface area (Å²) in [7, 11) is -2.99. The molecule has 1 atom stereocenters. The van der Waals surface area contributed by atoms with E-state index in [1.807, 2.05) is 13.8 Å². The summed E-state index contributed by atoms with van der Waals surface area (Å²) in [5.74, 6) is 0.153. The Balaban J connectivity index is 2.24. The van der Waals surface area contributed by atoms with Crippen LogP contribution in [0.15, 0.2) is 23.6 Å². The minimum atomic E-state index is -2.99.